The summed E-state index contributed by atoms with van der Waals surface area (Å²) in [4.78, 5) is 30.3. The van der Waals surface area contributed by atoms with Crippen LogP contribution in [-0.4, -0.2) is 46.2 Å². The molecule has 31 heavy (non-hydrogen) atoms. The maximum atomic E-state index is 13.2. The van der Waals surface area contributed by atoms with Gasteiger partial charge in [-0.1, -0.05) is 17.8 Å². The first-order chi connectivity index (χ1) is 14.8. The minimum atomic E-state index is -4.53. The zero-order valence-corrected chi connectivity index (χ0v) is 18.0. The fourth-order valence-electron chi connectivity index (χ4n) is 3.45. The highest BCUT2D eigenvalue weighted by Crippen LogP contribution is 2.33. The van der Waals surface area contributed by atoms with E-state index in [1.54, 1.807) is 0 Å². The molecule has 1 aromatic heterocycles. The Balaban J connectivity index is 1.59. The number of nitrogens with one attached hydrogen (secondary N) is 1. The summed E-state index contributed by atoms with van der Waals surface area (Å²) >= 11 is 2.38. The third-order valence-electron chi connectivity index (χ3n) is 4.98. The Morgan fingerprint density at radius 3 is 2.97 bits per heavy atom. The number of thioether (sulfide) groups is 2. The van der Waals surface area contributed by atoms with Crippen molar-refractivity contribution in [3.05, 3.63) is 45.9 Å². The number of nitrogens with zero attached hydrogens (tertiary/aromatic N) is 2. The number of rotatable bonds is 6. The molecule has 0 radical (unpaired) electrons. The van der Waals surface area contributed by atoms with Gasteiger partial charge in [0.25, 0.3) is 5.56 Å². The number of amides is 1. The number of carbonyl (C=O) groups is 1. The van der Waals surface area contributed by atoms with Crippen LogP contribution >= 0.6 is 23.5 Å². The van der Waals surface area contributed by atoms with Gasteiger partial charge >= 0.3 is 6.18 Å². The molecule has 1 saturated heterocycles. The lowest BCUT2D eigenvalue weighted by atomic mass is 10.2. The summed E-state index contributed by atoms with van der Waals surface area (Å²) in [7, 11) is 0. The van der Waals surface area contributed by atoms with Gasteiger partial charge in [-0.3, -0.25) is 14.2 Å². The first-order valence-corrected chi connectivity index (χ1v) is 11.8. The van der Waals surface area contributed by atoms with Crippen molar-refractivity contribution in [3.63, 3.8) is 0 Å². The smallest absolute Gasteiger partial charge is 0.376 e. The van der Waals surface area contributed by atoms with Crippen LogP contribution in [0.4, 0.5) is 13.2 Å². The summed E-state index contributed by atoms with van der Waals surface area (Å²) in [6, 6.07) is 4.58. The maximum Gasteiger partial charge on any atom is 0.416 e. The minimum absolute atomic E-state index is 0.00684. The molecule has 0 aliphatic carbocycles. The third kappa shape index (κ3) is 5.09. The summed E-state index contributed by atoms with van der Waals surface area (Å²) in [5, 5.41) is 3.00. The van der Waals surface area contributed by atoms with Crippen LogP contribution in [0.3, 0.4) is 0 Å². The van der Waals surface area contributed by atoms with Crippen molar-refractivity contribution in [2.24, 2.45) is 0 Å². The van der Waals surface area contributed by atoms with Crippen LogP contribution in [0, 0.1) is 0 Å². The molecular weight excluding hydrogens is 451 g/mol. The molecule has 3 heterocycles. The van der Waals surface area contributed by atoms with Gasteiger partial charge in [-0.2, -0.15) is 13.2 Å². The number of benzene rings is 1. The lowest BCUT2D eigenvalue weighted by Crippen LogP contribution is -2.33. The van der Waals surface area contributed by atoms with Crippen molar-refractivity contribution in [3.8, 4) is 5.69 Å². The quantitative estimate of drug-likeness (QED) is 0.515. The molecule has 1 N–H and O–H groups in total. The van der Waals surface area contributed by atoms with E-state index in [4.69, 9.17) is 4.74 Å². The Labute approximate surface area is 185 Å². The van der Waals surface area contributed by atoms with Crippen LogP contribution < -0.4 is 10.9 Å². The van der Waals surface area contributed by atoms with Gasteiger partial charge in [-0.05, 0) is 31.0 Å². The number of aryl methyl sites for hydroxylation is 1. The standard InChI is InChI=1S/C20H20F3N3O3S2/c21-20(22,23)12-3-1-4-13(9-12)26-18(28)17-15(6-8-30-17)25-19(26)31-11-16(27)24-10-14-5-2-7-29-14/h1,3-4,9,14H,2,5-8,10-11H2,(H,24,27). The first-order valence-electron chi connectivity index (χ1n) is 9.80. The van der Waals surface area contributed by atoms with Crippen molar-refractivity contribution in [2.75, 3.05) is 24.7 Å². The number of halogens is 3. The molecule has 2 aliphatic rings. The van der Waals surface area contributed by atoms with Gasteiger partial charge in [0.2, 0.25) is 5.91 Å². The average molecular weight is 472 g/mol. The van der Waals surface area contributed by atoms with Crippen LogP contribution in [0.15, 0.2) is 39.1 Å². The lowest BCUT2D eigenvalue weighted by molar-refractivity contribution is -0.137. The summed E-state index contributed by atoms with van der Waals surface area (Å²) in [6.07, 6.45) is -2.06. The lowest BCUT2D eigenvalue weighted by Gasteiger charge is -2.15. The zero-order valence-electron chi connectivity index (χ0n) is 16.4. The predicted molar refractivity (Wildman–Crippen MR) is 112 cm³/mol. The molecule has 4 rings (SSSR count). The van der Waals surface area contributed by atoms with Crippen LogP contribution in [-0.2, 0) is 22.1 Å². The van der Waals surface area contributed by atoms with E-state index in [1.807, 2.05) is 0 Å². The van der Waals surface area contributed by atoms with Crippen molar-refractivity contribution in [1.29, 1.82) is 0 Å². The number of hydrogen-bond donors (Lipinski definition) is 1. The molecule has 0 spiro atoms. The number of alkyl halides is 3. The largest absolute Gasteiger partial charge is 0.416 e. The summed E-state index contributed by atoms with van der Waals surface area (Å²) < 4.78 is 46.2. The number of aromatic nitrogens is 2. The van der Waals surface area contributed by atoms with Crippen LogP contribution in [0.5, 0.6) is 0 Å². The van der Waals surface area contributed by atoms with Gasteiger partial charge in [-0.25, -0.2) is 4.98 Å². The summed E-state index contributed by atoms with van der Waals surface area (Å²) in [5.41, 5.74) is -0.560. The second kappa shape index (κ2) is 9.25. The molecule has 1 fully saturated rings. The first kappa shape index (κ1) is 22.2. The molecular formula is C20H20F3N3O3S2. The van der Waals surface area contributed by atoms with Crippen LogP contribution in [0.2, 0.25) is 0 Å². The Morgan fingerprint density at radius 1 is 1.39 bits per heavy atom. The van der Waals surface area contributed by atoms with E-state index in [9.17, 15) is 22.8 Å². The van der Waals surface area contributed by atoms with Gasteiger partial charge in [0.15, 0.2) is 5.16 Å². The van der Waals surface area contributed by atoms with Crippen molar-refractivity contribution < 1.29 is 22.7 Å². The van der Waals surface area contributed by atoms with Crippen LogP contribution in [0.1, 0.15) is 24.1 Å². The number of carbonyl (C=O) groups excluding carboxylic acids is 1. The van der Waals surface area contributed by atoms with Crippen LogP contribution in [0.25, 0.3) is 5.69 Å². The molecule has 6 nitrogen and oxygen atoms in total. The fourth-order valence-corrected chi connectivity index (χ4v) is 5.34. The van der Waals surface area contributed by atoms with Gasteiger partial charge in [0.1, 0.15) is 0 Å². The zero-order chi connectivity index (χ0) is 22.0. The molecule has 1 amide bonds. The fraction of sp³-hybridized carbons (Fsp3) is 0.450. The van der Waals surface area contributed by atoms with Gasteiger partial charge in [0.05, 0.1) is 33.7 Å². The molecule has 2 aliphatic heterocycles. The average Bonchev–Trinajstić information content (AvgIpc) is 3.42. The Morgan fingerprint density at radius 2 is 2.23 bits per heavy atom. The van der Waals surface area contributed by atoms with Gasteiger partial charge in [0, 0.05) is 25.3 Å². The molecule has 1 atom stereocenters. The van der Waals surface area contributed by atoms with E-state index in [0.29, 0.717) is 35.9 Å². The highest BCUT2D eigenvalue weighted by molar-refractivity contribution is 8.00. The maximum absolute atomic E-state index is 13.2. The molecule has 2 aromatic rings. The molecule has 0 bridgehead atoms. The number of hydrogen-bond acceptors (Lipinski definition) is 6. The van der Waals surface area contributed by atoms with E-state index in [0.717, 1.165) is 36.7 Å². The van der Waals surface area contributed by atoms with Crippen molar-refractivity contribution in [1.82, 2.24) is 14.9 Å². The highest BCUT2D eigenvalue weighted by atomic mass is 32.2. The predicted octanol–water partition coefficient (Wildman–Crippen LogP) is 3.29. The SMILES string of the molecule is O=C(CSc1nc2c(c(=O)n1-c1cccc(C(F)(F)F)c1)SCC2)NCC1CCCO1. The molecule has 0 saturated carbocycles. The molecule has 1 unspecified atom stereocenters. The Kier molecular flexibility index (Phi) is 6.63. The van der Waals surface area contributed by atoms with Gasteiger partial charge < -0.3 is 10.1 Å². The number of fused-ring (bicyclic) bond motifs is 1. The second-order valence-electron chi connectivity index (χ2n) is 7.19. The summed E-state index contributed by atoms with van der Waals surface area (Å²) in [5.74, 6) is 0.431. The Bertz CT molecular complexity index is 1040. The summed E-state index contributed by atoms with van der Waals surface area (Å²) in [6.45, 7) is 1.10. The van der Waals surface area contributed by atoms with E-state index in [-0.39, 0.29) is 28.6 Å². The normalized spacial score (nSPS) is 18.2. The molecule has 1 aromatic carbocycles. The number of ether oxygens (including phenoxy) is 1. The van der Waals surface area contributed by atoms with E-state index < -0.39 is 17.3 Å². The van der Waals surface area contributed by atoms with E-state index in [2.05, 4.69) is 10.3 Å². The van der Waals surface area contributed by atoms with E-state index >= 15 is 0 Å². The third-order valence-corrected chi connectivity index (χ3v) is 7.03. The van der Waals surface area contributed by atoms with E-state index in [1.165, 1.54) is 28.5 Å². The second-order valence-corrected chi connectivity index (χ2v) is 9.23. The topological polar surface area (TPSA) is 73.2 Å². The minimum Gasteiger partial charge on any atom is -0.376 e. The molecule has 166 valence electrons. The highest BCUT2D eigenvalue weighted by Gasteiger charge is 2.31. The molecule has 11 heteroatoms. The monoisotopic (exact) mass is 471 g/mol. The van der Waals surface area contributed by atoms with Gasteiger partial charge in [-0.15, -0.1) is 11.8 Å². The van der Waals surface area contributed by atoms with Crippen molar-refractivity contribution >= 4 is 29.4 Å². The Hall–Kier alpha value is -1.98. The van der Waals surface area contributed by atoms with Crippen molar-refractivity contribution in [2.45, 2.75) is 41.6 Å².